The Morgan fingerprint density at radius 2 is 2.06 bits per heavy atom. The Balaban J connectivity index is 2.36. The molecular formula is C13H20N2O2. The summed E-state index contributed by atoms with van der Waals surface area (Å²) in [5, 5.41) is 0. The highest BCUT2D eigenvalue weighted by Gasteiger charge is 2.15. The number of rotatable bonds is 8. The summed E-state index contributed by atoms with van der Waals surface area (Å²) in [7, 11) is 0. The number of hydrogen-bond donors (Lipinski definition) is 2. The topological polar surface area (TPSA) is 50.4 Å². The van der Waals surface area contributed by atoms with E-state index in [0.717, 1.165) is 12.0 Å². The van der Waals surface area contributed by atoms with Crippen molar-refractivity contribution in [1.29, 1.82) is 0 Å². The minimum atomic E-state index is 0.0349. The van der Waals surface area contributed by atoms with Gasteiger partial charge in [-0.25, -0.2) is 5.43 Å². The van der Waals surface area contributed by atoms with Gasteiger partial charge < -0.3 is 4.74 Å². The van der Waals surface area contributed by atoms with Gasteiger partial charge in [-0.15, -0.1) is 0 Å². The average Bonchev–Trinajstić information content (AvgIpc) is 2.38. The van der Waals surface area contributed by atoms with Crippen LogP contribution in [0.1, 0.15) is 25.8 Å². The van der Waals surface area contributed by atoms with Crippen LogP contribution in [0, 0.1) is 0 Å². The largest absolute Gasteiger partial charge is 0.372 e. The van der Waals surface area contributed by atoms with Crippen molar-refractivity contribution in [3.8, 4) is 0 Å². The molecule has 0 aromatic heterocycles. The summed E-state index contributed by atoms with van der Waals surface area (Å²) in [6, 6.07) is 10.1. The molecule has 4 heteroatoms. The SMILES string of the molecule is CC[C@H](NNC=O)[C@@H](C)OCc1ccccc1. The summed E-state index contributed by atoms with van der Waals surface area (Å²) >= 11 is 0. The number of carbonyl (C=O) groups excluding carboxylic acids is 1. The predicted octanol–water partition coefficient (Wildman–Crippen LogP) is 1.62. The maximum Gasteiger partial charge on any atom is 0.221 e. The van der Waals surface area contributed by atoms with Crippen LogP contribution in [-0.2, 0) is 16.1 Å². The fourth-order valence-electron chi connectivity index (χ4n) is 1.61. The number of hydrogen-bond acceptors (Lipinski definition) is 3. The van der Waals surface area contributed by atoms with Crippen molar-refractivity contribution >= 4 is 6.41 Å². The highest BCUT2D eigenvalue weighted by Crippen LogP contribution is 2.07. The van der Waals surface area contributed by atoms with E-state index in [4.69, 9.17) is 4.74 Å². The molecule has 1 rings (SSSR count). The fraction of sp³-hybridized carbons (Fsp3) is 0.462. The third kappa shape index (κ3) is 4.97. The third-order valence-electron chi connectivity index (χ3n) is 2.69. The number of nitrogens with one attached hydrogen (secondary N) is 2. The third-order valence-corrected chi connectivity index (χ3v) is 2.69. The van der Waals surface area contributed by atoms with Crippen LogP contribution >= 0.6 is 0 Å². The first-order chi connectivity index (χ1) is 8.27. The average molecular weight is 236 g/mol. The number of hydrazine groups is 1. The molecule has 1 amide bonds. The Morgan fingerprint density at radius 1 is 1.35 bits per heavy atom. The van der Waals surface area contributed by atoms with Crippen molar-refractivity contribution in [1.82, 2.24) is 10.9 Å². The number of amides is 1. The quantitative estimate of drug-likeness (QED) is 0.532. The van der Waals surface area contributed by atoms with E-state index in [9.17, 15) is 4.79 Å². The first kappa shape index (κ1) is 13.7. The van der Waals surface area contributed by atoms with E-state index in [2.05, 4.69) is 10.9 Å². The zero-order valence-electron chi connectivity index (χ0n) is 10.3. The summed E-state index contributed by atoms with van der Waals surface area (Å²) in [6.07, 6.45) is 1.55. The van der Waals surface area contributed by atoms with Gasteiger partial charge in [0.25, 0.3) is 0 Å². The smallest absolute Gasteiger partial charge is 0.221 e. The van der Waals surface area contributed by atoms with Crippen LogP contribution in [0.15, 0.2) is 30.3 Å². The summed E-state index contributed by atoms with van der Waals surface area (Å²) in [5.74, 6) is 0. The van der Waals surface area contributed by atoms with Crippen LogP contribution in [0.3, 0.4) is 0 Å². The highest BCUT2D eigenvalue weighted by atomic mass is 16.5. The second-order valence-electron chi connectivity index (χ2n) is 3.92. The standard InChI is InChI=1S/C13H20N2O2/c1-3-13(15-14-10-16)11(2)17-9-12-7-5-4-6-8-12/h4-8,10-11,13,15H,3,9H2,1-2H3,(H,14,16)/t11-,13+/m1/s1. The minimum Gasteiger partial charge on any atom is -0.372 e. The lowest BCUT2D eigenvalue weighted by Crippen LogP contribution is -2.46. The summed E-state index contributed by atoms with van der Waals surface area (Å²) in [6.45, 7) is 4.63. The van der Waals surface area contributed by atoms with Crippen LogP contribution in [0.25, 0.3) is 0 Å². The van der Waals surface area contributed by atoms with Crippen LogP contribution in [-0.4, -0.2) is 18.6 Å². The van der Waals surface area contributed by atoms with Gasteiger partial charge in [-0.3, -0.25) is 10.2 Å². The minimum absolute atomic E-state index is 0.0349. The van der Waals surface area contributed by atoms with E-state index in [1.807, 2.05) is 44.2 Å². The molecule has 4 nitrogen and oxygen atoms in total. The monoisotopic (exact) mass is 236 g/mol. The maximum absolute atomic E-state index is 10.2. The predicted molar refractivity (Wildman–Crippen MR) is 67.1 cm³/mol. The first-order valence-electron chi connectivity index (χ1n) is 5.88. The van der Waals surface area contributed by atoms with Crippen molar-refractivity contribution in [2.75, 3.05) is 0 Å². The molecule has 17 heavy (non-hydrogen) atoms. The molecule has 0 spiro atoms. The number of benzene rings is 1. The van der Waals surface area contributed by atoms with Gasteiger partial charge in [0.1, 0.15) is 0 Å². The number of ether oxygens (including phenoxy) is 1. The second kappa shape index (κ2) is 7.81. The molecule has 0 heterocycles. The Labute approximate surface area is 102 Å². The van der Waals surface area contributed by atoms with E-state index < -0.39 is 0 Å². The summed E-state index contributed by atoms with van der Waals surface area (Å²) in [5.41, 5.74) is 6.53. The van der Waals surface area contributed by atoms with Crippen molar-refractivity contribution in [2.45, 2.75) is 39.0 Å². The Morgan fingerprint density at radius 3 is 2.65 bits per heavy atom. The van der Waals surface area contributed by atoms with Gasteiger partial charge in [0, 0.05) is 0 Å². The van der Waals surface area contributed by atoms with Crippen LogP contribution in [0.2, 0.25) is 0 Å². The molecule has 0 aliphatic rings. The van der Waals surface area contributed by atoms with E-state index >= 15 is 0 Å². The molecule has 1 aromatic rings. The van der Waals surface area contributed by atoms with Crippen molar-refractivity contribution in [3.63, 3.8) is 0 Å². The van der Waals surface area contributed by atoms with Crippen LogP contribution < -0.4 is 10.9 Å². The van der Waals surface area contributed by atoms with Gasteiger partial charge in [-0.05, 0) is 18.9 Å². The van der Waals surface area contributed by atoms with Crippen molar-refractivity contribution in [3.05, 3.63) is 35.9 Å². The van der Waals surface area contributed by atoms with Gasteiger partial charge in [0.05, 0.1) is 18.8 Å². The van der Waals surface area contributed by atoms with Gasteiger partial charge >= 0.3 is 0 Å². The molecule has 94 valence electrons. The second-order valence-corrected chi connectivity index (χ2v) is 3.92. The van der Waals surface area contributed by atoms with Gasteiger partial charge in [-0.1, -0.05) is 37.3 Å². The van der Waals surface area contributed by atoms with Crippen LogP contribution in [0.4, 0.5) is 0 Å². The number of carbonyl (C=O) groups is 1. The van der Waals surface area contributed by atoms with Gasteiger partial charge in [-0.2, -0.15) is 0 Å². The Kier molecular flexibility index (Phi) is 6.29. The van der Waals surface area contributed by atoms with Gasteiger partial charge in [0.2, 0.25) is 6.41 Å². The van der Waals surface area contributed by atoms with E-state index in [1.165, 1.54) is 0 Å². The molecule has 0 saturated heterocycles. The molecule has 0 fully saturated rings. The molecule has 0 aliphatic heterocycles. The first-order valence-corrected chi connectivity index (χ1v) is 5.88. The Bertz CT molecular complexity index is 316. The van der Waals surface area contributed by atoms with E-state index in [0.29, 0.717) is 13.0 Å². The molecule has 1 aromatic carbocycles. The van der Waals surface area contributed by atoms with E-state index in [-0.39, 0.29) is 12.1 Å². The normalized spacial score (nSPS) is 14.0. The molecule has 2 atom stereocenters. The van der Waals surface area contributed by atoms with E-state index in [1.54, 1.807) is 0 Å². The molecule has 0 aliphatic carbocycles. The summed E-state index contributed by atoms with van der Waals surface area (Å²) < 4.78 is 5.76. The van der Waals surface area contributed by atoms with Crippen molar-refractivity contribution < 1.29 is 9.53 Å². The lowest BCUT2D eigenvalue weighted by molar-refractivity contribution is -0.111. The molecular weight excluding hydrogens is 216 g/mol. The zero-order valence-corrected chi connectivity index (χ0v) is 10.3. The summed E-state index contributed by atoms with van der Waals surface area (Å²) in [4.78, 5) is 10.2. The molecule has 0 radical (unpaired) electrons. The zero-order chi connectivity index (χ0) is 12.5. The molecule has 0 unspecified atom stereocenters. The Hall–Kier alpha value is -1.39. The molecule has 2 N–H and O–H groups in total. The maximum atomic E-state index is 10.2. The lowest BCUT2D eigenvalue weighted by Gasteiger charge is -2.23. The fourth-order valence-corrected chi connectivity index (χ4v) is 1.61. The lowest BCUT2D eigenvalue weighted by atomic mass is 10.1. The van der Waals surface area contributed by atoms with Crippen LogP contribution in [0.5, 0.6) is 0 Å². The highest BCUT2D eigenvalue weighted by molar-refractivity contribution is 5.44. The van der Waals surface area contributed by atoms with Crippen molar-refractivity contribution in [2.24, 2.45) is 0 Å². The molecule has 0 saturated carbocycles. The molecule has 0 bridgehead atoms. The van der Waals surface area contributed by atoms with Gasteiger partial charge in [0.15, 0.2) is 0 Å².